The molecule has 19 heavy (non-hydrogen) atoms. The van der Waals surface area contributed by atoms with E-state index in [1.54, 1.807) is 0 Å². The van der Waals surface area contributed by atoms with Crippen LogP contribution in [0.3, 0.4) is 0 Å². The maximum absolute atomic E-state index is 13.4. The average Bonchev–Trinajstić information content (AvgIpc) is 2.12. The van der Waals surface area contributed by atoms with Gasteiger partial charge in [-0.2, -0.15) is 35.1 Å². The lowest BCUT2D eigenvalue weighted by Crippen LogP contribution is -2.68. The molecule has 0 saturated heterocycles. The molecular weight excluding hydrogens is 307 g/mol. The monoisotopic (exact) mass is 316 g/mol. The van der Waals surface area contributed by atoms with E-state index in [0.29, 0.717) is 0 Å². The van der Waals surface area contributed by atoms with Crippen LogP contribution in [0.5, 0.6) is 0 Å². The van der Waals surface area contributed by atoms with Gasteiger partial charge in [0.25, 0.3) is 0 Å². The van der Waals surface area contributed by atoms with Crippen molar-refractivity contribution in [2.24, 2.45) is 0 Å². The minimum absolute atomic E-state index is 0.880. The van der Waals surface area contributed by atoms with Crippen LogP contribution in [0.1, 0.15) is 0 Å². The van der Waals surface area contributed by atoms with Crippen molar-refractivity contribution < 1.29 is 39.5 Å². The number of alkyl halides is 8. The Morgan fingerprint density at radius 1 is 0.684 bits per heavy atom. The van der Waals surface area contributed by atoms with Crippen LogP contribution in [-0.2, 0) is 0 Å². The molecule has 0 atom stereocenters. The fourth-order valence-corrected chi connectivity index (χ4v) is 3.70. The van der Waals surface area contributed by atoms with Crippen molar-refractivity contribution in [1.82, 2.24) is 0 Å². The first kappa shape index (κ1) is 16.4. The minimum atomic E-state index is -6.50. The number of hydrogen-bond donors (Lipinski definition) is 0. The first-order chi connectivity index (χ1) is 8.03. The third-order valence-electron chi connectivity index (χ3n) is 2.74. The van der Waals surface area contributed by atoms with E-state index in [2.05, 4.69) is 0 Å². The molecule has 0 spiro atoms. The van der Waals surface area contributed by atoms with Gasteiger partial charge < -0.3 is 0 Å². The zero-order valence-electron chi connectivity index (χ0n) is 9.90. The van der Waals surface area contributed by atoms with Crippen LogP contribution in [-0.4, -0.2) is 31.8 Å². The third kappa shape index (κ3) is 1.74. The molecule has 1 aliphatic rings. The van der Waals surface area contributed by atoms with E-state index >= 15 is 0 Å². The van der Waals surface area contributed by atoms with Gasteiger partial charge in [0, 0.05) is 5.20 Å². The lowest BCUT2D eigenvalue weighted by molar-refractivity contribution is -0.361. The minimum Gasteiger partial charge on any atom is -0.205 e. The van der Waals surface area contributed by atoms with Gasteiger partial charge in [-0.3, -0.25) is 0 Å². The number of rotatable bonds is 1. The summed E-state index contributed by atoms with van der Waals surface area (Å²) in [4.78, 5) is 0. The second-order valence-corrected chi connectivity index (χ2v) is 10.2. The van der Waals surface area contributed by atoms with Gasteiger partial charge in [-0.1, -0.05) is 19.6 Å². The number of allylic oxidation sites excluding steroid dienone is 2. The molecule has 0 aliphatic heterocycles. The second kappa shape index (κ2) is 3.70. The van der Waals surface area contributed by atoms with Crippen molar-refractivity contribution in [3.05, 3.63) is 11.0 Å². The topological polar surface area (TPSA) is 0 Å². The van der Waals surface area contributed by atoms with Crippen LogP contribution in [0.2, 0.25) is 19.6 Å². The molecule has 1 aliphatic carbocycles. The Hall–Kier alpha value is -0.673. The number of hydrogen-bond acceptors (Lipinski definition) is 0. The van der Waals surface area contributed by atoms with Crippen LogP contribution in [0, 0.1) is 0 Å². The van der Waals surface area contributed by atoms with Crippen molar-refractivity contribution >= 4 is 8.07 Å². The lowest BCUT2D eigenvalue weighted by atomic mass is 9.91. The fourth-order valence-electron chi connectivity index (χ4n) is 1.78. The van der Waals surface area contributed by atoms with Gasteiger partial charge in [-0.25, -0.2) is 4.39 Å². The first-order valence-corrected chi connectivity index (χ1v) is 8.45. The largest absolute Gasteiger partial charge is 0.385 e. The van der Waals surface area contributed by atoms with E-state index in [4.69, 9.17) is 0 Å². The Balaban J connectivity index is 3.82. The van der Waals surface area contributed by atoms with Gasteiger partial charge in [-0.05, 0) is 0 Å². The number of halogens is 9. The first-order valence-electron chi connectivity index (χ1n) is 4.95. The van der Waals surface area contributed by atoms with E-state index in [1.165, 1.54) is 0 Å². The summed E-state index contributed by atoms with van der Waals surface area (Å²) in [5, 5.41) is -2.18. The van der Waals surface area contributed by atoms with Crippen LogP contribution < -0.4 is 0 Å². The second-order valence-electron chi connectivity index (χ2n) is 5.24. The van der Waals surface area contributed by atoms with Crippen LogP contribution in [0.25, 0.3) is 0 Å². The average molecular weight is 316 g/mol. The molecule has 0 heterocycles. The molecule has 0 unspecified atom stereocenters. The van der Waals surface area contributed by atoms with Gasteiger partial charge in [0.05, 0.1) is 8.07 Å². The van der Waals surface area contributed by atoms with Crippen molar-refractivity contribution in [2.75, 3.05) is 0 Å². The molecule has 0 N–H and O–H groups in total. The highest BCUT2D eigenvalue weighted by Gasteiger charge is 2.87. The fraction of sp³-hybridized carbons (Fsp3) is 0.778. The maximum atomic E-state index is 13.4. The van der Waals surface area contributed by atoms with Gasteiger partial charge in [0.2, 0.25) is 0 Å². The molecule has 0 amide bonds. The Kier molecular flexibility index (Phi) is 3.19. The Labute approximate surface area is 103 Å². The highest BCUT2D eigenvalue weighted by atomic mass is 28.3. The van der Waals surface area contributed by atoms with Gasteiger partial charge in [0.1, 0.15) is 0 Å². The normalized spacial score (nSPS) is 28.4. The molecule has 0 fully saturated rings. The third-order valence-corrected chi connectivity index (χ3v) is 4.78. The Morgan fingerprint density at radius 3 is 1.32 bits per heavy atom. The SMILES string of the molecule is C[Si](C)(C)C1=C(F)C(F)(F)C(F)(F)C(F)(F)C1(F)F. The van der Waals surface area contributed by atoms with Crippen LogP contribution in [0.15, 0.2) is 11.0 Å². The van der Waals surface area contributed by atoms with Gasteiger partial charge >= 0.3 is 23.7 Å². The summed E-state index contributed by atoms with van der Waals surface area (Å²) >= 11 is 0. The molecular formula is C9H9F9Si. The highest BCUT2D eigenvalue weighted by molar-refractivity contribution is 6.83. The molecule has 0 aromatic rings. The molecule has 0 radical (unpaired) electrons. The van der Waals surface area contributed by atoms with E-state index in [9.17, 15) is 39.5 Å². The lowest BCUT2D eigenvalue weighted by Gasteiger charge is -2.44. The highest BCUT2D eigenvalue weighted by Crippen LogP contribution is 2.63. The maximum Gasteiger partial charge on any atom is 0.385 e. The van der Waals surface area contributed by atoms with E-state index in [1.807, 2.05) is 0 Å². The van der Waals surface area contributed by atoms with Crippen LogP contribution >= 0.6 is 0 Å². The summed E-state index contributed by atoms with van der Waals surface area (Å²) in [7, 11) is -3.73. The molecule has 1 rings (SSSR count). The quantitative estimate of drug-likeness (QED) is 0.488. The predicted molar refractivity (Wildman–Crippen MR) is 51.3 cm³/mol. The summed E-state index contributed by atoms with van der Waals surface area (Å²) in [5.74, 6) is -27.6. The van der Waals surface area contributed by atoms with Gasteiger partial charge in [0.15, 0.2) is 5.83 Å². The van der Waals surface area contributed by atoms with Crippen molar-refractivity contribution in [1.29, 1.82) is 0 Å². The molecule has 0 bridgehead atoms. The van der Waals surface area contributed by atoms with E-state index in [-0.39, 0.29) is 0 Å². The zero-order chi connectivity index (χ0) is 15.7. The molecule has 0 nitrogen and oxygen atoms in total. The summed E-state index contributed by atoms with van der Waals surface area (Å²) in [6.07, 6.45) is 0. The summed E-state index contributed by atoms with van der Waals surface area (Å²) in [5.41, 5.74) is 0. The van der Waals surface area contributed by atoms with Gasteiger partial charge in [-0.15, -0.1) is 0 Å². The molecule has 0 aromatic carbocycles. The Bertz CT molecular complexity index is 429. The standard InChI is InChI=1S/C9H9F9Si/c1-19(2,3)5-4(10)6(11,12)8(15,16)9(17,18)7(5,13)14/h1-3H3. The van der Waals surface area contributed by atoms with Crippen LogP contribution in [0.4, 0.5) is 39.5 Å². The molecule has 0 aromatic heterocycles. The molecule has 0 saturated carbocycles. The molecule has 10 heteroatoms. The summed E-state index contributed by atoms with van der Waals surface area (Å²) < 4.78 is 118. The van der Waals surface area contributed by atoms with Crippen molar-refractivity contribution in [3.8, 4) is 0 Å². The summed E-state index contributed by atoms with van der Waals surface area (Å²) in [6.45, 7) is 2.64. The smallest absolute Gasteiger partial charge is 0.205 e. The van der Waals surface area contributed by atoms with E-state index in [0.717, 1.165) is 19.6 Å². The van der Waals surface area contributed by atoms with Crippen molar-refractivity contribution in [2.45, 2.75) is 43.3 Å². The molecule has 112 valence electrons. The Morgan fingerprint density at radius 2 is 1.00 bits per heavy atom. The zero-order valence-corrected chi connectivity index (χ0v) is 10.9. The van der Waals surface area contributed by atoms with Crippen molar-refractivity contribution in [3.63, 3.8) is 0 Å². The van der Waals surface area contributed by atoms with E-state index < -0.39 is 42.8 Å². The predicted octanol–water partition coefficient (Wildman–Crippen LogP) is 4.64. The summed E-state index contributed by atoms with van der Waals surface area (Å²) in [6, 6.07) is 0.